The van der Waals surface area contributed by atoms with Crippen LogP contribution in [0.3, 0.4) is 0 Å². The Morgan fingerprint density at radius 3 is 2.43 bits per heavy atom. The second kappa shape index (κ2) is 8.67. The fourth-order valence-electron chi connectivity index (χ4n) is 2.93. The number of hydrogen-bond donors (Lipinski definition) is 1. The van der Waals surface area contributed by atoms with E-state index in [1.165, 1.54) is 30.3 Å². The molecule has 1 amide bonds. The Morgan fingerprint density at radius 2 is 1.79 bits per heavy atom. The van der Waals surface area contributed by atoms with Crippen LogP contribution in [0, 0.1) is 0 Å². The second-order valence-corrected chi connectivity index (χ2v) is 6.61. The number of nitrogens with zero attached hydrogens (tertiary/aromatic N) is 1. The first-order chi connectivity index (χ1) is 13.3. The molecule has 28 heavy (non-hydrogen) atoms. The minimum Gasteiger partial charge on any atom is -0.378 e. The summed E-state index contributed by atoms with van der Waals surface area (Å²) in [4.78, 5) is 14.4. The third-order valence-corrected chi connectivity index (χ3v) is 4.47. The zero-order chi connectivity index (χ0) is 20.1. The molecule has 0 unspecified atom stereocenters. The first-order valence-electron chi connectivity index (χ1n) is 8.62. The molecule has 1 N–H and O–H groups in total. The molecule has 8 heteroatoms. The number of carbonyl (C=O) groups is 1. The number of alkyl halides is 3. The Kier molecular flexibility index (Phi) is 6.26. The van der Waals surface area contributed by atoms with Gasteiger partial charge in [-0.25, -0.2) is 0 Å². The van der Waals surface area contributed by atoms with E-state index in [4.69, 9.17) is 16.3 Å². The predicted molar refractivity (Wildman–Crippen MR) is 104 cm³/mol. The van der Waals surface area contributed by atoms with Crippen LogP contribution in [0.25, 0.3) is 5.57 Å². The van der Waals surface area contributed by atoms with Crippen molar-refractivity contribution in [2.45, 2.75) is 6.18 Å². The second-order valence-electron chi connectivity index (χ2n) is 6.17. The van der Waals surface area contributed by atoms with E-state index in [2.05, 4.69) is 5.32 Å². The van der Waals surface area contributed by atoms with Gasteiger partial charge in [0, 0.05) is 24.2 Å². The Bertz CT molecular complexity index is 863. The summed E-state index contributed by atoms with van der Waals surface area (Å²) in [6, 6.07) is 12.1. The fraction of sp³-hybridized carbons (Fsp3) is 0.250. The summed E-state index contributed by atoms with van der Waals surface area (Å²) in [6.45, 7) is 2.28. The van der Waals surface area contributed by atoms with Crippen molar-refractivity contribution in [3.63, 3.8) is 0 Å². The molecule has 2 aromatic rings. The Morgan fingerprint density at radius 1 is 1.11 bits per heavy atom. The van der Waals surface area contributed by atoms with Crippen LogP contribution >= 0.6 is 11.6 Å². The molecule has 1 heterocycles. The summed E-state index contributed by atoms with van der Waals surface area (Å²) >= 11 is 6.02. The van der Waals surface area contributed by atoms with E-state index < -0.39 is 17.7 Å². The number of rotatable bonds is 4. The molecule has 1 aliphatic rings. The molecule has 4 nitrogen and oxygen atoms in total. The lowest BCUT2D eigenvalue weighted by Gasteiger charge is -2.30. The molecule has 0 spiro atoms. The van der Waals surface area contributed by atoms with E-state index in [0.717, 1.165) is 0 Å². The van der Waals surface area contributed by atoms with Crippen molar-refractivity contribution in [3.05, 3.63) is 65.2 Å². The highest BCUT2D eigenvalue weighted by atomic mass is 35.5. The Balaban J connectivity index is 1.89. The smallest absolute Gasteiger partial charge is 0.378 e. The van der Waals surface area contributed by atoms with Crippen molar-refractivity contribution in [3.8, 4) is 0 Å². The average molecular weight is 411 g/mol. The number of anilines is 2. The first kappa shape index (κ1) is 20.2. The molecule has 0 bridgehead atoms. The van der Waals surface area contributed by atoms with Gasteiger partial charge in [-0.05, 0) is 23.8 Å². The number of hydrogen-bond acceptors (Lipinski definition) is 3. The molecule has 1 saturated heterocycles. The SMILES string of the molecule is O=C(/C=C(\c1ccccc1)C(F)(F)F)Nc1cc(Cl)ccc1N1CCOCC1. The minimum atomic E-state index is -4.67. The van der Waals surface area contributed by atoms with Gasteiger partial charge in [0.25, 0.3) is 0 Å². The number of benzene rings is 2. The van der Waals surface area contributed by atoms with Gasteiger partial charge in [0.05, 0.1) is 30.2 Å². The van der Waals surface area contributed by atoms with Crippen LogP contribution < -0.4 is 10.2 Å². The molecule has 1 fully saturated rings. The molecular weight excluding hydrogens is 393 g/mol. The van der Waals surface area contributed by atoms with Crippen LogP contribution in [0.5, 0.6) is 0 Å². The van der Waals surface area contributed by atoms with Gasteiger partial charge in [-0.1, -0.05) is 41.9 Å². The van der Waals surface area contributed by atoms with Gasteiger partial charge in [0.1, 0.15) is 0 Å². The lowest BCUT2D eigenvalue weighted by molar-refractivity contribution is -0.112. The quantitative estimate of drug-likeness (QED) is 0.739. The van der Waals surface area contributed by atoms with Crippen molar-refractivity contribution in [1.82, 2.24) is 0 Å². The summed E-state index contributed by atoms with van der Waals surface area (Å²) in [5.74, 6) is -0.882. The van der Waals surface area contributed by atoms with Crippen molar-refractivity contribution in [2.75, 3.05) is 36.5 Å². The zero-order valence-electron chi connectivity index (χ0n) is 14.8. The molecule has 0 saturated carbocycles. The van der Waals surface area contributed by atoms with Crippen molar-refractivity contribution >= 4 is 34.5 Å². The Hall–Kier alpha value is -2.51. The van der Waals surface area contributed by atoms with Gasteiger partial charge < -0.3 is 15.0 Å². The lowest BCUT2D eigenvalue weighted by atomic mass is 10.1. The summed E-state index contributed by atoms with van der Waals surface area (Å²) < 4.78 is 45.7. The van der Waals surface area contributed by atoms with E-state index in [9.17, 15) is 18.0 Å². The van der Waals surface area contributed by atoms with Crippen LogP contribution in [0.2, 0.25) is 5.02 Å². The molecule has 3 rings (SSSR count). The van der Waals surface area contributed by atoms with E-state index in [0.29, 0.717) is 48.8 Å². The van der Waals surface area contributed by atoms with Crippen LogP contribution in [0.4, 0.5) is 24.5 Å². The number of allylic oxidation sites excluding steroid dienone is 1. The van der Waals surface area contributed by atoms with Crippen LogP contribution in [0.15, 0.2) is 54.6 Å². The minimum absolute atomic E-state index is 0.0790. The van der Waals surface area contributed by atoms with Crippen LogP contribution in [-0.4, -0.2) is 38.4 Å². The highest BCUT2D eigenvalue weighted by molar-refractivity contribution is 6.31. The number of carbonyl (C=O) groups excluding carboxylic acids is 1. The summed E-state index contributed by atoms with van der Waals surface area (Å²) in [7, 11) is 0. The van der Waals surface area contributed by atoms with E-state index in [-0.39, 0.29) is 5.56 Å². The Labute approximate surface area is 165 Å². The summed E-state index contributed by atoms with van der Waals surface area (Å²) in [5.41, 5.74) is -0.0573. The molecule has 0 aliphatic carbocycles. The third kappa shape index (κ3) is 5.05. The molecule has 148 valence electrons. The van der Waals surface area contributed by atoms with E-state index in [1.807, 2.05) is 4.90 Å². The highest BCUT2D eigenvalue weighted by Crippen LogP contribution is 2.34. The topological polar surface area (TPSA) is 41.6 Å². The third-order valence-electron chi connectivity index (χ3n) is 4.23. The van der Waals surface area contributed by atoms with Gasteiger partial charge in [-0.2, -0.15) is 13.2 Å². The van der Waals surface area contributed by atoms with Gasteiger partial charge in [-0.3, -0.25) is 4.79 Å². The van der Waals surface area contributed by atoms with Crippen molar-refractivity contribution < 1.29 is 22.7 Å². The normalized spacial score (nSPS) is 15.4. The fourth-order valence-corrected chi connectivity index (χ4v) is 3.11. The molecule has 1 aliphatic heterocycles. The maximum absolute atomic E-state index is 13.4. The molecule has 0 atom stereocenters. The number of ether oxygens (including phenoxy) is 1. The number of morpholine rings is 1. The van der Waals surface area contributed by atoms with Gasteiger partial charge in [0.15, 0.2) is 0 Å². The zero-order valence-corrected chi connectivity index (χ0v) is 15.6. The molecule has 0 aromatic heterocycles. The molecular formula is C20H18ClF3N2O2. The van der Waals surface area contributed by atoms with E-state index in [1.54, 1.807) is 18.2 Å². The highest BCUT2D eigenvalue weighted by Gasteiger charge is 2.35. The van der Waals surface area contributed by atoms with Gasteiger partial charge >= 0.3 is 6.18 Å². The maximum atomic E-state index is 13.4. The first-order valence-corrected chi connectivity index (χ1v) is 9.00. The maximum Gasteiger partial charge on any atom is 0.417 e. The lowest BCUT2D eigenvalue weighted by Crippen LogP contribution is -2.36. The van der Waals surface area contributed by atoms with E-state index >= 15 is 0 Å². The van der Waals surface area contributed by atoms with Gasteiger partial charge in [0.2, 0.25) is 5.91 Å². The monoisotopic (exact) mass is 410 g/mol. The summed E-state index contributed by atoms with van der Waals surface area (Å²) in [6.07, 6.45) is -4.10. The summed E-state index contributed by atoms with van der Waals surface area (Å²) in [5, 5.41) is 2.91. The predicted octanol–water partition coefficient (Wildman–Crippen LogP) is 4.76. The van der Waals surface area contributed by atoms with Crippen LogP contribution in [-0.2, 0) is 9.53 Å². The average Bonchev–Trinajstić information content (AvgIpc) is 2.67. The molecule has 0 radical (unpaired) electrons. The standard InChI is InChI=1S/C20H18ClF3N2O2/c21-15-6-7-18(26-8-10-28-11-9-26)17(12-15)25-19(27)13-16(20(22,23)24)14-4-2-1-3-5-14/h1-7,12-13H,8-11H2,(H,25,27)/b16-13+. The number of amides is 1. The largest absolute Gasteiger partial charge is 0.417 e. The van der Waals surface area contributed by atoms with Gasteiger partial charge in [-0.15, -0.1) is 0 Å². The molecule has 2 aromatic carbocycles. The van der Waals surface area contributed by atoms with Crippen LogP contribution in [0.1, 0.15) is 5.56 Å². The number of nitrogens with one attached hydrogen (secondary N) is 1. The number of halogens is 4. The van der Waals surface area contributed by atoms with Crippen molar-refractivity contribution in [1.29, 1.82) is 0 Å². The van der Waals surface area contributed by atoms with Crippen molar-refractivity contribution in [2.24, 2.45) is 0 Å².